The number of amides is 1. The van der Waals surface area contributed by atoms with Crippen molar-refractivity contribution in [2.24, 2.45) is 0 Å². The van der Waals surface area contributed by atoms with Crippen LogP contribution in [-0.2, 0) is 4.79 Å². The highest BCUT2D eigenvalue weighted by Gasteiger charge is 2.21. The molecule has 27 heavy (non-hydrogen) atoms. The lowest BCUT2D eigenvalue weighted by Gasteiger charge is -2.35. The van der Waals surface area contributed by atoms with Crippen molar-refractivity contribution in [2.75, 3.05) is 42.9 Å². The second-order valence-electron chi connectivity index (χ2n) is 6.61. The van der Waals surface area contributed by atoms with Gasteiger partial charge < -0.3 is 10.2 Å². The van der Waals surface area contributed by atoms with Gasteiger partial charge in [0.1, 0.15) is 17.0 Å². The summed E-state index contributed by atoms with van der Waals surface area (Å²) in [6, 6.07) is 7.92. The SMILES string of the molecule is Cc1cc(NC(=O)CN2CCN(c3ncnc4sccc34)CC2)ccc1Br. The van der Waals surface area contributed by atoms with E-state index in [1.807, 2.05) is 30.5 Å². The van der Waals surface area contributed by atoms with E-state index >= 15 is 0 Å². The number of aromatic nitrogens is 2. The smallest absolute Gasteiger partial charge is 0.238 e. The molecule has 3 aromatic rings. The number of fused-ring (bicyclic) bond motifs is 1. The number of aryl methyl sites for hydroxylation is 1. The molecule has 2 aromatic heterocycles. The van der Waals surface area contributed by atoms with E-state index in [4.69, 9.17) is 0 Å². The number of benzene rings is 1. The van der Waals surface area contributed by atoms with Gasteiger partial charge in [0.15, 0.2) is 0 Å². The van der Waals surface area contributed by atoms with Crippen LogP contribution in [0.5, 0.6) is 0 Å². The third-order valence-electron chi connectivity index (χ3n) is 4.72. The summed E-state index contributed by atoms with van der Waals surface area (Å²) in [5, 5.41) is 6.15. The maximum absolute atomic E-state index is 12.4. The Morgan fingerprint density at radius 1 is 1.22 bits per heavy atom. The Hall–Kier alpha value is -2.03. The molecule has 140 valence electrons. The van der Waals surface area contributed by atoms with Crippen LogP contribution in [0.4, 0.5) is 11.5 Å². The largest absolute Gasteiger partial charge is 0.353 e. The highest BCUT2D eigenvalue weighted by atomic mass is 79.9. The number of nitrogens with one attached hydrogen (secondary N) is 1. The molecular formula is C19H20BrN5OS. The van der Waals surface area contributed by atoms with Crippen molar-refractivity contribution in [2.45, 2.75) is 6.92 Å². The summed E-state index contributed by atoms with van der Waals surface area (Å²) in [4.78, 5) is 26.7. The van der Waals surface area contributed by atoms with Crippen molar-refractivity contribution in [1.82, 2.24) is 14.9 Å². The zero-order valence-corrected chi connectivity index (χ0v) is 17.4. The van der Waals surface area contributed by atoms with Crippen molar-refractivity contribution in [1.29, 1.82) is 0 Å². The Kier molecular flexibility index (Phi) is 5.38. The number of carbonyl (C=O) groups is 1. The van der Waals surface area contributed by atoms with Gasteiger partial charge in [0.2, 0.25) is 5.91 Å². The maximum Gasteiger partial charge on any atom is 0.238 e. The lowest BCUT2D eigenvalue weighted by Crippen LogP contribution is -2.49. The summed E-state index contributed by atoms with van der Waals surface area (Å²) in [5.74, 6) is 1.02. The quantitative estimate of drug-likeness (QED) is 0.665. The monoisotopic (exact) mass is 445 g/mol. The van der Waals surface area contributed by atoms with E-state index in [2.05, 4.69) is 47.1 Å². The lowest BCUT2D eigenvalue weighted by molar-refractivity contribution is -0.117. The number of piperazine rings is 1. The summed E-state index contributed by atoms with van der Waals surface area (Å²) in [6.45, 7) is 5.79. The normalized spacial score (nSPS) is 15.3. The number of anilines is 2. The number of halogens is 1. The Labute approximate surface area is 170 Å². The second-order valence-corrected chi connectivity index (χ2v) is 8.36. The molecule has 3 heterocycles. The minimum atomic E-state index is 0.0208. The molecule has 0 aliphatic carbocycles. The van der Waals surface area contributed by atoms with Crippen molar-refractivity contribution >= 4 is 54.9 Å². The summed E-state index contributed by atoms with van der Waals surface area (Å²) in [7, 11) is 0. The molecule has 0 saturated carbocycles. The van der Waals surface area contributed by atoms with Crippen molar-refractivity contribution < 1.29 is 4.79 Å². The first-order valence-electron chi connectivity index (χ1n) is 8.81. The van der Waals surface area contributed by atoms with Gasteiger partial charge in [-0.05, 0) is 42.1 Å². The molecule has 6 nitrogen and oxygen atoms in total. The summed E-state index contributed by atoms with van der Waals surface area (Å²) in [6.07, 6.45) is 1.63. The Bertz CT molecular complexity index is 968. The molecule has 4 rings (SSSR count). The molecular weight excluding hydrogens is 426 g/mol. The predicted molar refractivity (Wildman–Crippen MR) is 114 cm³/mol. The van der Waals surface area contributed by atoms with Crippen LogP contribution in [0.15, 0.2) is 40.4 Å². The van der Waals surface area contributed by atoms with Crippen molar-refractivity contribution in [3.8, 4) is 0 Å². The van der Waals surface area contributed by atoms with E-state index < -0.39 is 0 Å². The molecule has 1 N–H and O–H groups in total. The van der Waals surface area contributed by atoms with Crippen LogP contribution in [0.25, 0.3) is 10.2 Å². The van der Waals surface area contributed by atoms with Gasteiger partial charge in [-0.25, -0.2) is 9.97 Å². The number of rotatable bonds is 4. The van der Waals surface area contributed by atoms with E-state index in [9.17, 15) is 4.79 Å². The maximum atomic E-state index is 12.4. The molecule has 1 saturated heterocycles. The molecule has 1 amide bonds. The second kappa shape index (κ2) is 7.92. The zero-order valence-electron chi connectivity index (χ0n) is 15.0. The molecule has 8 heteroatoms. The fourth-order valence-electron chi connectivity index (χ4n) is 3.27. The van der Waals surface area contributed by atoms with E-state index in [-0.39, 0.29) is 5.91 Å². The van der Waals surface area contributed by atoms with Crippen LogP contribution in [-0.4, -0.2) is 53.5 Å². The van der Waals surface area contributed by atoms with Gasteiger partial charge in [-0.2, -0.15) is 0 Å². The van der Waals surface area contributed by atoms with E-state index in [0.29, 0.717) is 6.54 Å². The minimum Gasteiger partial charge on any atom is -0.353 e. The standard InChI is InChI=1S/C19H20BrN5OS/c1-13-10-14(2-3-16(13)20)23-17(26)11-24-5-7-25(8-6-24)18-15-4-9-27-19(15)22-12-21-18/h2-4,9-10,12H,5-8,11H2,1H3,(H,23,26). The highest BCUT2D eigenvalue weighted by molar-refractivity contribution is 9.10. The van der Waals surface area contributed by atoms with Gasteiger partial charge in [-0.15, -0.1) is 11.3 Å². The topological polar surface area (TPSA) is 61.4 Å². The predicted octanol–water partition coefficient (Wildman–Crippen LogP) is 3.52. The van der Waals surface area contributed by atoms with Crippen molar-refractivity contribution in [3.63, 3.8) is 0 Å². The number of carbonyl (C=O) groups excluding carboxylic acids is 1. The number of hydrogen-bond donors (Lipinski definition) is 1. The molecule has 0 atom stereocenters. The molecule has 1 fully saturated rings. The van der Waals surface area contributed by atoms with Crippen LogP contribution < -0.4 is 10.2 Å². The molecule has 1 aromatic carbocycles. The van der Waals surface area contributed by atoms with Gasteiger partial charge in [-0.1, -0.05) is 15.9 Å². The van der Waals surface area contributed by atoms with E-state index in [0.717, 1.165) is 57.9 Å². The molecule has 0 spiro atoms. The fourth-order valence-corrected chi connectivity index (χ4v) is 4.25. The van der Waals surface area contributed by atoms with Gasteiger partial charge in [0, 0.05) is 36.3 Å². The molecule has 1 aliphatic rings. The molecule has 0 bridgehead atoms. The van der Waals surface area contributed by atoms with Crippen LogP contribution in [0.1, 0.15) is 5.56 Å². The third-order valence-corrected chi connectivity index (χ3v) is 6.43. The van der Waals surface area contributed by atoms with Crippen LogP contribution in [0.3, 0.4) is 0 Å². The summed E-state index contributed by atoms with van der Waals surface area (Å²) >= 11 is 5.11. The lowest BCUT2D eigenvalue weighted by atomic mass is 10.2. The summed E-state index contributed by atoms with van der Waals surface area (Å²) < 4.78 is 1.04. The average molecular weight is 446 g/mol. The number of nitrogens with zero attached hydrogens (tertiary/aromatic N) is 4. The van der Waals surface area contributed by atoms with Crippen LogP contribution in [0, 0.1) is 6.92 Å². The number of thiophene rings is 1. The molecule has 0 unspecified atom stereocenters. The van der Waals surface area contributed by atoms with E-state index in [1.54, 1.807) is 17.7 Å². The Morgan fingerprint density at radius 2 is 2.04 bits per heavy atom. The Morgan fingerprint density at radius 3 is 2.81 bits per heavy atom. The van der Waals surface area contributed by atoms with E-state index in [1.165, 1.54) is 0 Å². The Balaban J connectivity index is 1.33. The zero-order chi connectivity index (χ0) is 18.8. The van der Waals surface area contributed by atoms with Gasteiger partial charge >= 0.3 is 0 Å². The van der Waals surface area contributed by atoms with Gasteiger partial charge in [-0.3, -0.25) is 9.69 Å². The van der Waals surface area contributed by atoms with Crippen LogP contribution in [0.2, 0.25) is 0 Å². The first kappa shape index (κ1) is 18.3. The minimum absolute atomic E-state index is 0.0208. The molecule has 0 radical (unpaired) electrons. The van der Waals surface area contributed by atoms with Crippen LogP contribution >= 0.6 is 27.3 Å². The fraction of sp³-hybridized carbons (Fsp3) is 0.316. The van der Waals surface area contributed by atoms with Gasteiger partial charge in [0.05, 0.1) is 11.9 Å². The van der Waals surface area contributed by atoms with Gasteiger partial charge in [0.25, 0.3) is 0 Å². The highest BCUT2D eigenvalue weighted by Crippen LogP contribution is 2.27. The molecule has 1 aliphatic heterocycles. The third kappa shape index (κ3) is 4.12. The summed E-state index contributed by atoms with van der Waals surface area (Å²) in [5.41, 5.74) is 1.94. The first-order valence-corrected chi connectivity index (χ1v) is 10.5. The van der Waals surface area contributed by atoms with Crippen molar-refractivity contribution in [3.05, 3.63) is 46.0 Å². The average Bonchev–Trinajstić information content (AvgIpc) is 3.14. The first-order chi connectivity index (χ1) is 13.1. The number of hydrogen-bond acceptors (Lipinski definition) is 6.